The SMILES string of the molecule is COC(=O)CCCNC(C)c1c(Cl)ccc(F)c1Cl. The summed E-state index contributed by atoms with van der Waals surface area (Å²) in [5.74, 6) is -0.749. The van der Waals surface area contributed by atoms with E-state index in [2.05, 4.69) is 10.1 Å². The van der Waals surface area contributed by atoms with Crippen LogP contribution in [0.2, 0.25) is 10.0 Å². The molecule has 6 heteroatoms. The van der Waals surface area contributed by atoms with Crippen LogP contribution in [0.25, 0.3) is 0 Å². The van der Waals surface area contributed by atoms with Gasteiger partial charge in [0, 0.05) is 23.0 Å². The molecule has 0 bridgehead atoms. The molecule has 106 valence electrons. The molecule has 0 saturated carbocycles. The fourth-order valence-electron chi connectivity index (χ4n) is 1.70. The van der Waals surface area contributed by atoms with Crippen LogP contribution in [0.15, 0.2) is 12.1 Å². The van der Waals surface area contributed by atoms with Crippen molar-refractivity contribution in [3.05, 3.63) is 33.6 Å². The molecular formula is C13H16Cl2FNO2. The Hall–Kier alpha value is -0.840. The number of esters is 1. The molecule has 0 spiro atoms. The Morgan fingerprint density at radius 2 is 2.16 bits per heavy atom. The minimum atomic E-state index is -0.496. The summed E-state index contributed by atoms with van der Waals surface area (Å²) in [6.45, 7) is 2.42. The van der Waals surface area contributed by atoms with Gasteiger partial charge in [0.2, 0.25) is 0 Å². The molecule has 1 aromatic carbocycles. The van der Waals surface area contributed by atoms with E-state index in [0.717, 1.165) is 0 Å². The van der Waals surface area contributed by atoms with Crippen molar-refractivity contribution in [3.8, 4) is 0 Å². The summed E-state index contributed by atoms with van der Waals surface area (Å²) in [5, 5.41) is 3.59. The van der Waals surface area contributed by atoms with Crippen LogP contribution in [0, 0.1) is 5.82 Å². The van der Waals surface area contributed by atoms with Crippen molar-refractivity contribution in [2.75, 3.05) is 13.7 Å². The van der Waals surface area contributed by atoms with Gasteiger partial charge in [0.05, 0.1) is 12.1 Å². The number of carbonyl (C=O) groups excluding carboxylic acids is 1. The van der Waals surface area contributed by atoms with Crippen molar-refractivity contribution in [2.24, 2.45) is 0 Å². The number of carbonyl (C=O) groups is 1. The van der Waals surface area contributed by atoms with Gasteiger partial charge >= 0.3 is 5.97 Å². The van der Waals surface area contributed by atoms with Crippen molar-refractivity contribution in [2.45, 2.75) is 25.8 Å². The predicted octanol–water partition coefficient (Wildman–Crippen LogP) is 3.74. The minimum absolute atomic E-state index is 0.0282. The zero-order chi connectivity index (χ0) is 14.4. The maximum Gasteiger partial charge on any atom is 0.305 e. The molecule has 1 unspecified atom stereocenters. The third-order valence-electron chi connectivity index (χ3n) is 2.75. The van der Waals surface area contributed by atoms with Gasteiger partial charge in [-0.1, -0.05) is 23.2 Å². The van der Waals surface area contributed by atoms with E-state index in [1.807, 2.05) is 6.92 Å². The quantitative estimate of drug-likeness (QED) is 0.494. The van der Waals surface area contributed by atoms with Crippen molar-refractivity contribution in [3.63, 3.8) is 0 Å². The zero-order valence-corrected chi connectivity index (χ0v) is 12.3. The summed E-state index contributed by atoms with van der Waals surface area (Å²) in [6.07, 6.45) is 0.961. The normalized spacial score (nSPS) is 12.3. The second kappa shape index (κ2) is 7.68. The largest absolute Gasteiger partial charge is 0.469 e. The number of benzene rings is 1. The molecule has 0 aliphatic carbocycles. The van der Waals surface area contributed by atoms with E-state index in [1.54, 1.807) is 0 Å². The molecule has 1 N–H and O–H groups in total. The third-order valence-corrected chi connectivity index (χ3v) is 3.46. The van der Waals surface area contributed by atoms with Crippen molar-refractivity contribution < 1.29 is 13.9 Å². The van der Waals surface area contributed by atoms with Gasteiger partial charge in [-0.15, -0.1) is 0 Å². The highest BCUT2D eigenvalue weighted by atomic mass is 35.5. The van der Waals surface area contributed by atoms with Gasteiger partial charge in [-0.2, -0.15) is 0 Å². The molecule has 3 nitrogen and oxygen atoms in total. The van der Waals surface area contributed by atoms with E-state index >= 15 is 0 Å². The first-order chi connectivity index (χ1) is 8.97. The molecule has 1 rings (SSSR count). The highest BCUT2D eigenvalue weighted by molar-refractivity contribution is 6.36. The van der Waals surface area contributed by atoms with Crippen LogP contribution in [-0.4, -0.2) is 19.6 Å². The average Bonchev–Trinajstić information content (AvgIpc) is 2.39. The summed E-state index contributed by atoms with van der Waals surface area (Å²) in [5.41, 5.74) is 0.529. The standard InChI is InChI=1S/C13H16Cl2FNO2/c1-8(17-7-3-4-11(18)19-2)12-9(14)5-6-10(16)13(12)15/h5-6,8,17H,3-4,7H2,1-2H3. The molecule has 19 heavy (non-hydrogen) atoms. The van der Waals surface area contributed by atoms with E-state index in [9.17, 15) is 9.18 Å². The summed E-state index contributed by atoms with van der Waals surface area (Å²) in [6, 6.07) is 2.51. The number of methoxy groups -OCH3 is 1. The first-order valence-corrected chi connectivity index (χ1v) is 6.66. The smallest absolute Gasteiger partial charge is 0.305 e. The predicted molar refractivity (Wildman–Crippen MR) is 74.1 cm³/mol. The van der Waals surface area contributed by atoms with Gasteiger partial charge in [-0.25, -0.2) is 4.39 Å². The van der Waals surface area contributed by atoms with E-state index in [-0.39, 0.29) is 17.0 Å². The lowest BCUT2D eigenvalue weighted by Crippen LogP contribution is -2.21. The Labute approximate surface area is 122 Å². The van der Waals surface area contributed by atoms with Gasteiger partial charge in [0.25, 0.3) is 0 Å². The fourth-order valence-corrected chi connectivity index (χ4v) is 2.39. The van der Waals surface area contributed by atoms with Crippen LogP contribution in [-0.2, 0) is 9.53 Å². The van der Waals surface area contributed by atoms with Crippen LogP contribution in [0.5, 0.6) is 0 Å². The van der Waals surface area contributed by atoms with Crippen LogP contribution < -0.4 is 5.32 Å². The molecule has 0 aliphatic heterocycles. The van der Waals surface area contributed by atoms with Gasteiger partial charge in [0.15, 0.2) is 0 Å². The first-order valence-electron chi connectivity index (χ1n) is 5.91. The lowest BCUT2D eigenvalue weighted by Gasteiger charge is -2.17. The highest BCUT2D eigenvalue weighted by Crippen LogP contribution is 2.32. The van der Waals surface area contributed by atoms with Crippen LogP contribution in [0.4, 0.5) is 4.39 Å². The molecule has 1 aromatic rings. The Bertz CT molecular complexity index is 455. The second-order valence-corrected chi connectivity index (χ2v) is 4.90. The van der Waals surface area contributed by atoms with Gasteiger partial charge in [-0.05, 0) is 32.0 Å². The molecule has 1 atom stereocenters. The van der Waals surface area contributed by atoms with Gasteiger partial charge in [0.1, 0.15) is 5.82 Å². The maximum atomic E-state index is 13.4. The number of nitrogens with one attached hydrogen (secondary N) is 1. The van der Waals surface area contributed by atoms with E-state index in [1.165, 1.54) is 19.2 Å². The van der Waals surface area contributed by atoms with E-state index in [4.69, 9.17) is 23.2 Å². The number of hydrogen-bond acceptors (Lipinski definition) is 3. The number of halogens is 3. The lowest BCUT2D eigenvalue weighted by molar-refractivity contribution is -0.140. The average molecular weight is 308 g/mol. The monoisotopic (exact) mass is 307 g/mol. The fraction of sp³-hybridized carbons (Fsp3) is 0.462. The maximum absolute atomic E-state index is 13.4. The minimum Gasteiger partial charge on any atom is -0.469 e. The summed E-state index contributed by atoms with van der Waals surface area (Å²) < 4.78 is 17.9. The number of ether oxygens (including phenoxy) is 1. The topological polar surface area (TPSA) is 38.3 Å². The van der Waals surface area contributed by atoms with Crippen LogP contribution >= 0.6 is 23.2 Å². The Kier molecular flexibility index (Phi) is 6.55. The Morgan fingerprint density at radius 3 is 2.79 bits per heavy atom. The molecule has 0 radical (unpaired) electrons. The zero-order valence-electron chi connectivity index (χ0n) is 10.8. The van der Waals surface area contributed by atoms with Crippen molar-refractivity contribution in [1.82, 2.24) is 5.32 Å². The van der Waals surface area contributed by atoms with E-state index in [0.29, 0.717) is 30.0 Å². The molecule has 0 amide bonds. The van der Waals surface area contributed by atoms with Crippen LogP contribution in [0.1, 0.15) is 31.4 Å². The van der Waals surface area contributed by atoms with Crippen molar-refractivity contribution >= 4 is 29.2 Å². The first kappa shape index (κ1) is 16.2. The molecule has 0 aromatic heterocycles. The van der Waals surface area contributed by atoms with Gasteiger partial charge in [-0.3, -0.25) is 4.79 Å². The summed E-state index contributed by atoms with van der Waals surface area (Å²) >= 11 is 11.9. The number of rotatable bonds is 6. The second-order valence-electron chi connectivity index (χ2n) is 4.11. The molecule has 0 heterocycles. The highest BCUT2D eigenvalue weighted by Gasteiger charge is 2.16. The third kappa shape index (κ3) is 4.64. The number of hydrogen-bond donors (Lipinski definition) is 1. The summed E-state index contributed by atoms with van der Waals surface area (Å²) in [7, 11) is 1.35. The van der Waals surface area contributed by atoms with Crippen LogP contribution in [0.3, 0.4) is 0 Å². The molecule has 0 aliphatic rings. The lowest BCUT2D eigenvalue weighted by atomic mass is 10.1. The Balaban J connectivity index is 2.57. The Morgan fingerprint density at radius 1 is 1.47 bits per heavy atom. The molecule has 0 saturated heterocycles. The molecule has 0 fully saturated rings. The molecular weight excluding hydrogens is 292 g/mol. The van der Waals surface area contributed by atoms with Gasteiger partial charge < -0.3 is 10.1 Å². The summed E-state index contributed by atoms with van der Waals surface area (Å²) in [4.78, 5) is 10.9. The van der Waals surface area contributed by atoms with Crippen molar-refractivity contribution in [1.29, 1.82) is 0 Å². The van der Waals surface area contributed by atoms with E-state index < -0.39 is 5.82 Å².